The quantitative estimate of drug-likeness (QED) is 0.839. The van der Waals surface area contributed by atoms with Crippen LogP contribution in [-0.4, -0.2) is 57.8 Å². The van der Waals surface area contributed by atoms with E-state index in [1.165, 1.54) is 0 Å². The summed E-state index contributed by atoms with van der Waals surface area (Å²) in [6.07, 6.45) is -4.80. The summed E-state index contributed by atoms with van der Waals surface area (Å²) in [6.45, 7) is 5.54. The van der Waals surface area contributed by atoms with Crippen LogP contribution in [0.3, 0.4) is 0 Å². The number of aryl methyl sites for hydroxylation is 1. The molecule has 2 aromatic rings. The van der Waals surface area contributed by atoms with Gasteiger partial charge in [0.2, 0.25) is 0 Å². The van der Waals surface area contributed by atoms with Crippen molar-refractivity contribution < 1.29 is 18.0 Å². The highest BCUT2D eigenvalue weighted by molar-refractivity contribution is 5.81. The molecule has 1 aliphatic heterocycles. The van der Waals surface area contributed by atoms with Crippen molar-refractivity contribution in [3.05, 3.63) is 47.3 Å². The second kappa shape index (κ2) is 7.11. The number of carbonyl (C=O) groups is 1. The zero-order valence-electron chi connectivity index (χ0n) is 14.8. The molecule has 0 atom stereocenters. The van der Waals surface area contributed by atoms with Crippen molar-refractivity contribution in [1.29, 1.82) is 0 Å². The predicted octanol–water partition coefficient (Wildman–Crippen LogP) is 2.70. The molecule has 1 amide bonds. The van der Waals surface area contributed by atoms with Gasteiger partial charge in [-0.15, -0.1) is 0 Å². The number of para-hydroxylation sites is 1. The van der Waals surface area contributed by atoms with Crippen molar-refractivity contribution in [2.24, 2.45) is 0 Å². The molecule has 1 saturated heterocycles. The number of piperazine rings is 1. The number of hydrogen-bond donors (Lipinski definition) is 0. The first-order valence-electron chi connectivity index (χ1n) is 8.46. The van der Waals surface area contributed by atoms with Gasteiger partial charge in [-0.05, 0) is 26.0 Å². The molecule has 5 nitrogen and oxygen atoms in total. The van der Waals surface area contributed by atoms with Crippen molar-refractivity contribution in [3.63, 3.8) is 0 Å². The molecule has 3 rings (SSSR count). The summed E-state index contributed by atoms with van der Waals surface area (Å²) in [4.78, 5) is 14.3. The Morgan fingerprint density at radius 1 is 1.08 bits per heavy atom. The van der Waals surface area contributed by atoms with E-state index in [2.05, 4.69) is 10.00 Å². The lowest BCUT2D eigenvalue weighted by atomic mass is 10.1. The smallest absolute Gasteiger partial charge is 0.332 e. The molecule has 1 fully saturated rings. The summed E-state index contributed by atoms with van der Waals surface area (Å²) in [6, 6.07) is 9.79. The molecule has 26 heavy (non-hydrogen) atoms. The van der Waals surface area contributed by atoms with Gasteiger partial charge in [0.1, 0.15) is 0 Å². The fourth-order valence-corrected chi connectivity index (χ4v) is 3.24. The van der Waals surface area contributed by atoms with Gasteiger partial charge in [-0.25, -0.2) is 4.68 Å². The lowest BCUT2D eigenvalue weighted by molar-refractivity contribution is -0.187. The van der Waals surface area contributed by atoms with E-state index in [1.54, 1.807) is 0 Å². The Morgan fingerprint density at radius 3 is 2.27 bits per heavy atom. The van der Waals surface area contributed by atoms with Crippen LogP contribution in [0, 0.1) is 13.8 Å². The Balaban J connectivity index is 1.68. The predicted molar refractivity (Wildman–Crippen MR) is 91.0 cm³/mol. The first-order chi connectivity index (χ1) is 12.3. The van der Waals surface area contributed by atoms with Crippen LogP contribution in [0.4, 0.5) is 13.2 Å². The number of halogens is 3. The molecule has 0 aliphatic carbocycles. The van der Waals surface area contributed by atoms with Gasteiger partial charge in [-0.1, -0.05) is 18.2 Å². The van der Waals surface area contributed by atoms with E-state index < -0.39 is 12.1 Å². The number of nitrogens with zero attached hydrogens (tertiary/aromatic N) is 4. The number of alkyl halides is 3. The molecule has 2 heterocycles. The van der Waals surface area contributed by atoms with E-state index in [4.69, 9.17) is 0 Å². The van der Waals surface area contributed by atoms with Gasteiger partial charge in [-0.3, -0.25) is 9.69 Å². The maximum Gasteiger partial charge on any atom is 0.471 e. The second-order valence-electron chi connectivity index (χ2n) is 6.46. The zero-order valence-corrected chi connectivity index (χ0v) is 14.8. The molecule has 140 valence electrons. The summed E-state index contributed by atoms with van der Waals surface area (Å²) >= 11 is 0. The van der Waals surface area contributed by atoms with Gasteiger partial charge in [-0.2, -0.15) is 18.3 Å². The molecule has 0 radical (unpaired) electrons. The summed E-state index contributed by atoms with van der Waals surface area (Å²) in [7, 11) is 0. The maximum atomic E-state index is 12.5. The fourth-order valence-electron chi connectivity index (χ4n) is 3.24. The van der Waals surface area contributed by atoms with Crippen LogP contribution in [0.1, 0.15) is 17.0 Å². The highest BCUT2D eigenvalue weighted by Crippen LogP contribution is 2.22. The zero-order chi connectivity index (χ0) is 18.9. The highest BCUT2D eigenvalue weighted by atomic mass is 19.4. The normalized spacial score (nSPS) is 16.1. The van der Waals surface area contributed by atoms with Gasteiger partial charge in [0.25, 0.3) is 0 Å². The van der Waals surface area contributed by atoms with Gasteiger partial charge < -0.3 is 4.90 Å². The van der Waals surface area contributed by atoms with Crippen LogP contribution >= 0.6 is 0 Å². The first-order valence-corrected chi connectivity index (χ1v) is 8.46. The molecule has 0 spiro atoms. The van der Waals surface area contributed by atoms with E-state index in [0.29, 0.717) is 19.6 Å². The van der Waals surface area contributed by atoms with Gasteiger partial charge in [0.15, 0.2) is 0 Å². The number of benzene rings is 1. The Bertz CT molecular complexity index is 778. The van der Waals surface area contributed by atoms with Gasteiger partial charge >= 0.3 is 12.1 Å². The molecule has 0 N–H and O–H groups in total. The third kappa shape index (κ3) is 3.75. The average Bonchev–Trinajstić information content (AvgIpc) is 2.90. The van der Waals surface area contributed by atoms with Crippen molar-refractivity contribution >= 4 is 5.91 Å². The Labute approximate surface area is 150 Å². The minimum absolute atomic E-state index is 0.0866. The van der Waals surface area contributed by atoms with Gasteiger partial charge in [0.05, 0.1) is 11.4 Å². The molecule has 8 heteroatoms. The third-order valence-corrected chi connectivity index (χ3v) is 4.73. The van der Waals surface area contributed by atoms with E-state index in [9.17, 15) is 18.0 Å². The van der Waals surface area contributed by atoms with E-state index in [-0.39, 0.29) is 13.1 Å². The van der Waals surface area contributed by atoms with Crippen molar-refractivity contribution in [3.8, 4) is 5.69 Å². The summed E-state index contributed by atoms with van der Waals surface area (Å²) < 4.78 is 39.5. The maximum absolute atomic E-state index is 12.5. The SMILES string of the molecule is Cc1nn(-c2ccccc2)c(C)c1CN1CCN(C(=O)C(F)(F)F)CC1. The Hall–Kier alpha value is -2.35. The highest BCUT2D eigenvalue weighted by Gasteiger charge is 2.43. The molecule has 0 bridgehead atoms. The second-order valence-corrected chi connectivity index (χ2v) is 6.46. The lowest BCUT2D eigenvalue weighted by Crippen LogP contribution is -2.52. The minimum atomic E-state index is -4.80. The van der Waals surface area contributed by atoms with Crippen molar-refractivity contribution in [2.45, 2.75) is 26.6 Å². The number of carbonyl (C=O) groups excluding carboxylic acids is 1. The molecular formula is C18H21F3N4O. The monoisotopic (exact) mass is 366 g/mol. The first kappa shape index (κ1) is 18.4. The third-order valence-electron chi connectivity index (χ3n) is 4.73. The van der Waals surface area contributed by atoms with Crippen molar-refractivity contribution in [2.75, 3.05) is 26.2 Å². The molecular weight excluding hydrogens is 345 g/mol. The minimum Gasteiger partial charge on any atom is -0.332 e. The number of amides is 1. The van der Waals surface area contributed by atoms with E-state index >= 15 is 0 Å². The van der Waals surface area contributed by atoms with Crippen LogP contribution in [0.2, 0.25) is 0 Å². The number of hydrogen-bond acceptors (Lipinski definition) is 3. The average molecular weight is 366 g/mol. The number of aromatic nitrogens is 2. The Kier molecular flexibility index (Phi) is 5.04. The van der Waals surface area contributed by atoms with E-state index in [1.807, 2.05) is 48.9 Å². The van der Waals surface area contributed by atoms with Crippen LogP contribution < -0.4 is 0 Å². The van der Waals surface area contributed by atoms with Crippen LogP contribution in [0.5, 0.6) is 0 Å². The molecule has 0 unspecified atom stereocenters. The topological polar surface area (TPSA) is 41.4 Å². The van der Waals surface area contributed by atoms with Crippen molar-refractivity contribution in [1.82, 2.24) is 19.6 Å². The lowest BCUT2D eigenvalue weighted by Gasteiger charge is -2.35. The molecule has 0 saturated carbocycles. The summed E-state index contributed by atoms with van der Waals surface area (Å²) in [5.74, 6) is -1.75. The molecule has 1 aliphatic rings. The molecule has 1 aromatic carbocycles. The van der Waals surface area contributed by atoms with Crippen LogP contribution in [0.25, 0.3) is 5.69 Å². The number of rotatable bonds is 3. The summed E-state index contributed by atoms with van der Waals surface area (Å²) in [5.41, 5.74) is 3.96. The van der Waals surface area contributed by atoms with Gasteiger partial charge in [0, 0.05) is 44.0 Å². The molecule has 1 aromatic heterocycles. The largest absolute Gasteiger partial charge is 0.471 e. The van der Waals surface area contributed by atoms with Crippen LogP contribution in [0.15, 0.2) is 30.3 Å². The summed E-state index contributed by atoms with van der Waals surface area (Å²) in [5, 5.41) is 4.60. The Morgan fingerprint density at radius 2 is 1.69 bits per heavy atom. The van der Waals surface area contributed by atoms with E-state index in [0.717, 1.165) is 27.5 Å². The van der Waals surface area contributed by atoms with Crippen LogP contribution in [-0.2, 0) is 11.3 Å². The standard InChI is InChI=1S/C18H21F3N4O/c1-13-16(14(2)25(22-13)15-6-4-3-5-7-15)12-23-8-10-24(11-9-23)17(26)18(19,20)21/h3-7H,8-12H2,1-2H3. The fraction of sp³-hybridized carbons (Fsp3) is 0.444.